The van der Waals surface area contributed by atoms with Gasteiger partial charge in [0.05, 0.1) is 11.4 Å². The number of rotatable bonds is 3. The van der Waals surface area contributed by atoms with E-state index in [0.717, 1.165) is 43.1 Å². The van der Waals surface area contributed by atoms with E-state index in [4.69, 9.17) is 0 Å². The van der Waals surface area contributed by atoms with Crippen LogP contribution in [-0.4, -0.2) is 39.1 Å². The summed E-state index contributed by atoms with van der Waals surface area (Å²) in [7, 11) is 0. The molecule has 1 aliphatic heterocycles. The second-order valence-corrected chi connectivity index (χ2v) is 6.18. The van der Waals surface area contributed by atoms with Crippen molar-refractivity contribution in [1.29, 1.82) is 0 Å². The largest absolute Gasteiger partial charge is 0.339 e. The number of imidazole rings is 1. The molecule has 19 heavy (non-hydrogen) atoms. The Morgan fingerprint density at radius 2 is 2.53 bits per heavy atom. The summed E-state index contributed by atoms with van der Waals surface area (Å²) in [6, 6.07) is 0.404. The van der Waals surface area contributed by atoms with Crippen LogP contribution in [-0.2, 0) is 11.2 Å². The first kappa shape index (κ1) is 12.8. The predicted molar refractivity (Wildman–Crippen MR) is 77.1 cm³/mol. The second-order valence-electron chi connectivity index (χ2n) is 5.21. The number of aryl methyl sites for hydroxylation is 1. The first-order valence-electron chi connectivity index (χ1n) is 6.92. The molecule has 1 amide bonds. The van der Waals surface area contributed by atoms with Gasteiger partial charge in [0.2, 0.25) is 5.91 Å². The number of hydrogen-bond donors (Lipinski definition) is 1. The molecule has 1 aliphatic carbocycles. The van der Waals surface area contributed by atoms with Crippen LogP contribution >= 0.6 is 11.8 Å². The molecule has 2 heterocycles. The van der Waals surface area contributed by atoms with Gasteiger partial charge in [-0.3, -0.25) is 4.79 Å². The smallest absolute Gasteiger partial charge is 0.233 e. The number of thioether (sulfide) groups is 1. The Hall–Kier alpha value is -1.23. The van der Waals surface area contributed by atoms with Crippen molar-refractivity contribution >= 4 is 23.7 Å². The van der Waals surface area contributed by atoms with Crippen LogP contribution in [0.4, 0.5) is 0 Å². The molecular formula is C14H19N3OS. The van der Waals surface area contributed by atoms with Crippen molar-refractivity contribution in [3.8, 4) is 0 Å². The van der Waals surface area contributed by atoms with Gasteiger partial charge < -0.3 is 9.88 Å². The summed E-state index contributed by atoms with van der Waals surface area (Å²) < 4.78 is 0. The van der Waals surface area contributed by atoms with E-state index in [1.807, 2.05) is 4.90 Å². The first-order chi connectivity index (χ1) is 9.24. The average Bonchev–Trinajstić information content (AvgIpc) is 3.01. The molecule has 0 radical (unpaired) electrons. The minimum Gasteiger partial charge on any atom is -0.339 e. The molecule has 1 saturated heterocycles. The Balaban J connectivity index is 1.58. The molecule has 0 saturated carbocycles. The molecule has 1 N–H and O–H groups in total. The standard InChI is InChI=1S/C14H19N3OS/c1-10-5-4-8-17(10)13(18)9-19-14-15-11-6-2-3-7-12(11)16-14/h2,6,10H,3-5,7-9H2,1H3,(H,15,16). The molecule has 4 nitrogen and oxygen atoms in total. The van der Waals surface area contributed by atoms with E-state index < -0.39 is 0 Å². The van der Waals surface area contributed by atoms with Gasteiger partial charge in [-0.2, -0.15) is 0 Å². The van der Waals surface area contributed by atoms with E-state index >= 15 is 0 Å². The molecule has 1 aromatic rings. The number of carbonyl (C=O) groups is 1. The number of allylic oxidation sites excluding steroid dienone is 1. The first-order valence-corrected chi connectivity index (χ1v) is 7.90. The van der Waals surface area contributed by atoms with Crippen LogP contribution in [0.5, 0.6) is 0 Å². The fraction of sp³-hybridized carbons (Fsp3) is 0.571. The summed E-state index contributed by atoms with van der Waals surface area (Å²) in [6.45, 7) is 3.05. The van der Waals surface area contributed by atoms with Gasteiger partial charge in [0.25, 0.3) is 0 Å². The summed E-state index contributed by atoms with van der Waals surface area (Å²) in [4.78, 5) is 22.0. The lowest BCUT2D eigenvalue weighted by atomic mass is 10.1. The monoisotopic (exact) mass is 277 g/mol. The zero-order valence-corrected chi connectivity index (χ0v) is 12.0. The molecule has 0 aromatic carbocycles. The number of fused-ring (bicyclic) bond motifs is 1. The van der Waals surface area contributed by atoms with Crippen molar-refractivity contribution < 1.29 is 4.79 Å². The van der Waals surface area contributed by atoms with Gasteiger partial charge in [0, 0.05) is 18.3 Å². The Kier molecular flexibility index (Phi) is 3.64. The lowest BCUT2D eigenvalue weighted by molar-refractivity contribution is -0.128. The molecule has 1 atom stereocenters. The normalized spacial score (nSPS) is 21.7. The maximum atomic E-state index is 12.1. The van der Waals surface area contributed by atoms with Gasteiger partial charge in [-0.1, -0.05) is 17.8 Å². The molecule has 102 valence electrons. The highest BCUT2D eigenvalue weighted by Gasteiger charge is 2.25. The maximum absolute atomic E-state index is 12.1. The summed E-state index contributed by atoms with van der Waals surface area (Å²) >= 11 is 1.52. The van der Waals surface area contributed by atoms with Crippen LogP contribution in [0.1, 0.15) is 37.6 Å². The minimum absolute atomic E-state index is 0.236. The van der Waals surface area contributed by atoms with Gasteiger partial charge in [-0.25, -0.2) is 4.98 Å². The number of nitrogens with zero attached hydrogens (tertiary/aromatic N) is 2. The number of H-pyrrole nitrogens is 1. The minimum atomic E-state index is 0.236. The molecule has 0 spiro atoms. The lowest BCUT2D eigenvalue weighted by Crippen LogP contribution is -2.34. The predicted octanol–water partition coefficient (Wildman–Crippen LogP) is 2.47. The van der Waals surface area contributed by atoms with Crippen LogP contribution in [0.2, 0.25) is 0 Å². The third kappa shape index (κ3) is 2.71. The van der Waals surface area contributed by atoms with E-state index in [1.54, 1.807) is 0 Å². The highest BCUT2D eigenvalue weighted by Crippen LogP contribution is 2.24. The van der Waals surface area contributed by atoms with Crippen molar-refractivity contribution in [1.82, 2.24) is 14.9 Å². The topological polar surface area (TPSA) is 49.0 Å². The van der Waals surface area contributed by atoms with Crippen LogP contribution < -0.4 is 0 Å². The summed E-state index contributed by atoms with van der Waals surface area (Å²) in [5.74, 6) is 0.723. The molecule has 1 unspecified atom stereocenters. The van der Waals surface area contributed by atoms with E-state index in [2.05, 4.69) is 29.0 Å². The molecule has 1 fully saturated rings. The van der Waals surface area contributed by atoms with Crippen molar-refractivity contribution in [2.24, 2.45) is 0 Å². The second kappa shape index (κ2) is 5.41. The van der Waals surface area contributed by atoms with Gasteiger partial charge >= 0.3 is 0 Å². The fourth-order valence-corrected chi connectivity index (χ4v) is 3.52. The Morgan fingerprint density at radius 3 is 3.26 bits per heavy atom. The summed E-state index contributed by atoms with van der Waals surface area (Å²) in [5.41, 5.74) is 2.24. The van der Waals surface area contributed by atoms with E-state index in [-0.39, 0.29) is 5.91 Å². The van der Waals surface area contributed by atoms with Crippen molar-refractivity contribution in [2.75, 3.05) is 12.3 Å². The van der Waals surface area contributed by atoms with Gasteiger partial charge in [-0.15, -0.1) is 0 Å². The van der Waals surface area contributed by atoms with Crippen LogP contribution in [0.3, 0.4) is 0 Å². The zero-order valence-electron chi connectivity index (χ0n) is 11.2. The molecule has 3 rings (SSSR count). The number of nitrogens with one attached hydrogen (secondary N) is 1. The Morgan fingerprint density at radius 1 is 1.63 bits per heavy atom. The lowest BCUT2D eigenvalue weighted by Gasteiger charge is -2.20. The number of aromatic nitrogens is 2. The van der Waals surface area contributed by atoms with Crippen LogP contribution in [0.15, 0.2) is 11.2 Å². The Bertz CT molecular complexity index is 509. The number of aromatic amines is 1. The highest BCUT2D eigenvalue weighted by atomic mass is 32.2. The number of amides is 1. The van der Waals surface area contributed by atoms with E-state index in [0.29, 0.717) is 11.8 Å². The Labute approximate surface area is 117 Å². The molecule has 1 aromatic heterocycles. The zero-order chi connectivity index (χ0) is 13.2. The van der Waals surface area contributed by atoms with E-state index in [9.17, 15) is 4.79 Å². The molecule has 2 aliphatic rings. The number of carbonyl (C=O) groups excluding carboxylic acids is 1. The van der Waals surface area contributed by atoms with Crippen molar-refractivity contribution in [2.45, 2.75) is 43.8 Å². The van der Waals surface area contributed by atoms with E-state index in [1.165, 1.54) is 17.5 Å². The van der Waals surface area contributed by atoms with Gasteiger partial charge in [0.15, 0.2) is 5.16 Å². The molecular weight excluding hydrogens is 258 g/mol. The summed E-state index contributed by atoms with van der Waals surface area (Å²) in [6.07, 6.45) is 8.58. The SMILES string of the molecule is CC1CCCN1C(=O)CSc1nc2c([nH]1)CCC=C2. The van der Waals surface area contributed by atoms with Gasteiger partial charge in [0.1, 0.15) is 0 Å². The molecule has 0 bridgehead atoms. The van der Waals surface area contributed by atoms with Crippen LogP contribution in [0, 0.1) is 0 Å². The van der Waals surface area contributed by atoms with Crippen molar-refractivity contribution in [3.05, 3.63) is 17.5 Å². The quantitative estimate of drug-likeness (QED) is 0.863. The highest BCUT2D eigenvalue weighted by molar-refractivity contribution is 7.99. The third-order valence-corrected chi connectivity index (χ3v) is 4.69. The van der Waals surface area contributed by atoms with Crippen LogP contribution in [0.25, 0.3) is 6.08 Å². The number of hydrogen-bond acceptors (Lipinski definition) is 3. The fourth-order valence-electron chi connectivity index (χ4n) is 2.73. The third-order valence-electron chi connectivity index (χ3n) is 3.83. The molecule has 5 heteroatoms. The number of likely N-dealkylation sites (tertiary alicyclic amines) is 1. The van der Waals surface area contributed by atoms with Gasteiger partial charge in [-0.05, 0) is 38.7 Å². The summed E-state index contributed by atoms with van der Waals surface area (Å²) in [5, 5.41) is 0.872. The average molecular weight is 277 g/mol. The maximum Gasteiger partial charge on any atom is 0.233 e. The van der Waals surface area contributed by atoms with Crippen molar-refractivity contribution in [3.63, 3.8) is 0 Å².